The van der Waals surface area contributed by atoms with E-state index in [1.165, 1.54) is 64.4 Å². The molecule has 8 aromatic rings. The Morgan fingerprint density at radius 3 is 1.18 bits per heavy atom. The van der Waals surface area contributed by atoms with E-state index in [4.69, 9.17) is 9.47 Å². The largest absolute Gasteiger partial charge is 0.512 e. The number of aryl methyl sites for hydroxylation is 6. The normalized spacial score (nSPS) is 14.0. The number of rotatable bonds is 55. The smallest absolute Gasteiger partial charge is 0.323 e. The van der Waals surface area contributed by atoms with Gasteiger partial charge in [-0.15, -0.1) is 0 Å². The summed E-state index contributed by atoms with van der Waals surface area (Å²) >= 11 is 0. The Labute approximate surface area is 866 Å². The van der Waals surface area contributed by atoms with E-state index in [1.54, 1.807) is 118 Å². The molecule has 1 radical (unpaired) electrons. The van der Waals surface area contributed by atoms with Gasteiger partial charge < -0.3 is 113 Å². The van der Waals surface area contributed by atoms with Gasteiger partial charge in [0.2, 0.25) is 72.3 Å². The number of anilines is 2. The average Bonchev–Trinajstić information content (AvgIpc) is 0.889. The van der Waals surface area contributed by atoms with Crippen LogP contribution in [-0.4, -0.2) is 329 Å². The number of aliphatic hydroxyl groups is 1. The van der Waals surface area contributed by atoms with Gasteiger partial charge in [-0.25, -0.2) is 26.8 Å². The van der Waals surface area contributed by atoms with Crippen LogP contribution in [0, 0.1) is 27.7 Å². The molecule has 1 aliphatic heterocycles. The summed E-state index contributed by atoms with van der Waals surface area (Å²) in [6.45, 7) is 11.5. The van der Waals surface area contributed by atoms with Crippen molar-refractivity contribution in [3.63, 3.8) is 0 Å². The van der Waals surface area contributed by atoms with E-state index < -0.39 is 184 Å². The second kappa shape index (κ2) is 56.7. The number of ether oxygens (including phenoxy) is 2. The minimum atomic E-state index is -4.59. The third-order valence-electron chi connectivity index (χ3n) is 23.4. The first kappa shape index (κ1) is 118. The van der Waals surface area contributed by atoms with Gasteiger partial charge in [0.1, 0.15) is 52.8 Å². The number of benzene rings is 4. The summed E-state index contributed by atoms with van der Waals surface area (Å²) in [4.78, 5) is 219. The summed E-state index contributed by atoms with van der Waals surface area (Å²) in [5, 5.41) is 80.0. The van der Waals surface area contributed by atoms with Crippen molar-refractivity contribution in [2.24, 2.45) is 14.1 Å². The fourth-order valence-corrected chi connectivity index (χ4v) is 19.4. The van der Waals surface area contributed by atoms with Gasteiger partial charge in [0.25, 0.3) is 11.8 Å². The maximum absolute atomic E-state index is 14.5. The maximum atomic E-state index is 14.5. The van der Waals surface area contributed by atoms with Crippen molar-refractivity contribution < 1.29 is 147 Å². The number of amides is 9. The molecule has 0 aliphatic carbocycles. The van der Waals surface area contributed by atoms with Crippen LogP contribution >= 0.6 is 0 Å². The number of aliphatic carboxylic acids is 4. The van der Waals surface area contributed by atoms with Gasteiger partial charge in [-0.1, -0.05) is 32.6 Å². The summed E-state index contributed by atoms with van der Waals surface area (Å²) in [5.74, 6) is -10.7. The number of nitrogens with one attached hydrogen (secondary N) is 15. The second-order valence-corrected chi connectivity index (χ2v) is 38.1. The minimum Gasteiger partial charge on any atom is -0.512 e. The van der Waals surface area contributed by atoms with E-state index >= 15 is 0 Å². The predicted octanol–water partition coefficient (Wildman–Crippen LogP) is -0.385. The Morgan fingerprint density at radius 2 is 0.822 bits per heavy atom. The predicted molar refractivity (Wildman–Crippen MR) is 530 cm³/mol. The fraction of sp³-hybridized carbons (Fsp3) is 0.457. The van der Waals surface area contributed by atoms with Crippen LogP contribution < -0.4 is 88.3 Å². The molecule has 1 saturated heterocycles. The molecule has 4 aromatic heterocycles. The number of H-pyrrole nitrogens is 2. The standard InChI is InChI=1S/C94H127N23O26S2.Y/c1-10-69(88(131)97-24-22-95-76(119)14-12-38-142-63-40-56(3)84(57(4)41-63)144(138,139)110-72(91(134)135)48-103-86(129)67-51-112(8)74-44-61(16-18-65(74)82(67)127)46-105-93-99-26-27-100-93)107-78(121)21-20-71(108-79(122)53-115-32-36-116(54-80(123)124)34-30-114(50-60(7)118)31-35-117(37-33-115)55-81(125)126)90(133)109-70(11-2)89(132)98-25-23-96-77(120)15-13-39-143-64-42-58(5)85(59(6)43-64)145(140,141)111-73(92(136)137)49-104-87(130)68-52-113(9)75-45-62(17-19-66(75)83(68)128)47-106-94-101-28-29-102-94;/h16-19,26-29,40-45,51-52,69-73,110-111,118H,7,10-15,20-25,30-39,46-50,53-55H2,1-6,8-9H3,(H,95,119)(H,96,120)(H,97,131)(H,98,132)(H,103,129)(H,104,130)(H,107,121)(H,108,122)(H,109,133)(H,123,124)(H,125,126)(H,134,135)(H,136,137)(H2,99,100,105)(H2,101,102,106);/t69?,70?,71?,72-,73-;/m0./s1. The molecule has 49 nitrogen and oxygen atoms in total. The summed E-state index contributed by atoms with van der Waals surface area (Å²) in [6, 6.07) is 8.00. The van der Waals surface area contributed by atoms with Crippen molar-refractivity contribution in [2.75, 3.05) is 142 Å². The number of nitrogens with zero attached hydrogens (tertiary/aromatic N) is 8. The van der Waals surface area contributed by atoms with Crippen molar-refractivity contribution in [3.05, 3.63) is 175 Å². The van der Waals surface area contributed by atoms with E-state index in [0.29, 0.717) is 36.0 Å². The van der Waals surface area contributed by atoms with Crippen LogP contribution in [0.1, 0.15) is 119 Å². The first-order chi connectivity index (χ1) is 68.9. The number of aromatic nitrogens is 6. The molecule has 5 atom stereocenters. The van der Waals surface area contributed by atoms with E-state index in [-0.39, 0.29) is 241 Å². The Hall–Kier alpha value is -13.7. The number of carbonyl (C=O) groups excluding carboxylic acids is 9. The van der Waals surface area contributed by atoms with Crippen LogP contribution in [0.2, 0.25) is 0 Å². The summed E-state index contributed by atoms with van der Waals surface area (Å²) in [6.07, 6.45) is 8.46. The molecular weight excluding hydrogens is 2020 g/mol. The molecule has 0 saturated carbocycles. The van der Waals surface area contributed by atoms with Crippen molar-refractivity contribution in [1.82, 2.24) is 106 Å². The number of imidazole rings is 2. The van der Waals surface area contributed by atoms with Crippen LogP contribution in [0.15, 0.2) is 130 Å². The van der Waals surface area contributed by atoms with Crippen LogP contribution in [0.4, 0.5) is 11.9 Å². The Balaban J connectivity index is 0.0000260. The van der Waals surface area contributed by atoms with E-state index in [0.717, 1.165) is 11.1 Å². The van der Waals surface area contributed by atoms with Gasteiger partial charge >= 0.3 is 23.9 Å². The molecule has 20 N–H and O–H groups in total. The number of fused-ring (bicyclic) bond motifs is 2. The fourth-order valence-electron chi connectivity index (χ4n) is 16.1. The number of aliphatic hydroxyl groups excluding tert-OH is 1. The SMILES string of the molecule is C=C(O)CN1CCN(CC(=O)O)CCN(CC(=O)NC(CCC(=O)NC(CC)C(=O)NCCNC(=O)CCCOc2cc(C)c(S(=O)(=O)N[C@@H](CNC(=O)c3cn(C)c4cc(CNc5ncc[nH]5)ccc4c3=O)C(=O)O)c(C)c2)C(=O)NC(CC)C(=O)NCCNC(=O)CCCOc2cc(C)c(S(=O)(=O)N[C@@H](CNC(=O)c3cn(C)c4cc(CNc5ncc[nH]5)ccc4c3=O)C(=O)O)c(C)c2)CCN(CC(=O)O)CC1.[Y]. The van der Waals surface area contributed by atoms with Gasteiger partial charge in [-0.3, -0.25) is 91.5 Å². The number of aromatic amines is 2. The summed E-state index contributed by atoms with van der Waals surface area (Å²) in [5.41, 5.74) is 1.41. The summed E-state index contributed by atoms with van der Waals surface area (Å²) < 4.78 is 74.6. The van der Waals surface area contributed by atoms with Crippen molar-refractivity contribution in [3.8, 4) is 11.5 Å². The Morgan fingerprint density at radius 1 is 0.452 bits per heavy atom. The molecule has 0 spiro atoms. The Kier molecular flexibility index (Phi) is 45.7. The molecule has 52 heteroatoms. The molecule has 789 valence electrons. The van der Waals surface area contributed by atoms with Gasteiger partial charge in [0.05, 0.1) is 66.0 Å². The van der Waals surface area contributed by atoms with Gasteiger partial charge in [-0.2, -0.15) is 9.44 Å². The van der Waals surface area contributed by atoms with Gasteiger partial charge in [-0.05, 0) is 142 Å². The molecule has 146 heavy (non-hydrogen) atoms. The number of carbonyl (C=O) groups is 13. The average molecular weight is 2150 g/mol. The molecule has 1 aliphatic rings. The molecule has 4 aromatic carbocycles. The minimum absolute atomic E-state index is 0. The molecular formula is C94H127N23O26S2Y. The molecule has 0 bridgehead atoms. The zero-order valence-corrected chi connectivity index (χ0v) is 86.8. The summed E-state index contributed by atoms with van der Waals surface area (Å²) in [7, 11) is -5.93. The van der Waals surface area contributed by atoms with Crippen LogP contribution in [-0.2, 0) is 133 Å². The monoisotopic (exact) mass is 2150 g/mol. The Bertz CT molecular complexity index is 6290. The van der Waals surface area contributed by atoms with Crippen LogP contribution in [0.3, 0.4) is 0 Å². The number of hydrogen-bond donors (Lipinski definition) is 20. The van der Waals surface area contributed by atoms with Crippen molar-refractivity contribution >= 4 is 131 Å². The van der Waals surface area contributed by atoms with Crippen LogP contribution in [0.5, 0.6) is 11.5 Å². The topological polar surface area (TPSA) is 681 Å². The second-order valence-electron chi connectivity index (χ2n) is 34.8. The first-order valence-electron chi connectivity index (χ1n) is 46.8. The van der Waals surface area contributed by atoms with Crippen LogP contribution in [0.25, 0.3) is 21.8 Å². The van der Waals surface area contributed by atoms with Crippen molar-refractivity contribution in [2.45, 2.75) is 146 Å². The van der Waals surface area contributed by atoms with Gasteiger partial charge in [0.15, 0.2) is 11.9 Å². The van der Waals surface area contributed by atoms with E-state index in [1.807, 2.05) is 0 Å². The zero-order chi connectivity index (χ0) is 106. The zero-order valence-electron chi connectivity index (χ0n) is 82.3. The number of pyridine rings is 2. The molecule has 5 heterocycles. The van der Waals surface area contributed by atoms with Gasteiger partial charge in [0, 0.05) is 219 Å². The number of carboxylic acid groups (broad SMARTS) is 4. The van der Waals surface area contributed by atoms with Crippen molar-refractivity contribution in [1.29, 1.82) is 0 Å². The number of hydrogen-bond acceptors (Lipinski definition) is 30. The third kappa shape index (κ3) is 36.2. The van der Waals surface area contributed by atoms with E-state index in [2.05, 4.69) is 94.4 Å². The molecule has 9 rings (SSSR count). The quantitative estimate of drug-likeness (QED) is 0.0171. The maximum Gasteiger partial charge on any atom is 0.323 e. The third-order valence-corrected chi connectivity index (χ3v) is 27.0. The molecule has 3 unspecified atom stereocenters. The number of sulfonamides is 2. The number of carboxylic acids is 4. The molecule has 9 amide bonds. The van der Waals surface area contributed by atoms with E-state index in [9.17, 15) is 114 Å². The first-order valence-corrected chi connectivity index (χ1v) is 49.8. The molecule has 1 fully saturated rings.